The number of amides is 1. The van der Waals surface area contributed by atoms with Gasteiger partial charge >= 0.3 is 0 Å². The fourth-order valence-corrected chi connectivity index (χ4v) is 1.80. The van der Waals surface area contributed by atoms with Crippen LogP contribution in [0.1, 0.15) is 13.3 Å². The first-order valence-electron chi connectivity index (χ1n) is 5.74. The molecule has 1 rings (SSSR count). The van der Waals surface area contributed by atoms with E-state index in [1.165, 1.54) is 0 Å². The first-order valence-corrected chi connectivity index (χ1v) is 5.74. The van der Waals surface area contributed by atoms with E-state index >= 15 is 0 Å². The Labute approximate surface area is 97.0 Å². The molecule has 1 aliphatic heterocycles. The molecule has 0 bridgehead atoms. The third kappa shape index (κ3) is 3.47. The van der Waals surface area contributed by atoms with Gasteiger partial charge in [0.25, 0.3) is 0 Å². The average molecular weight is 224 g/mol. The molecule has 1 saturated heterocycles. The van der Waals surface area contributed by atoms with Crippen LogP contribution in [0.4, 0.5) is 0 Å². The van der Waals surface area contributed by atoms with Gasteiger partial charge in [0.2, 0.25) is 5.91 Å². The van der Waals surface area contributed by atoms with Gasteiger partial charge in [-0.1, -0.05) is 0 Å². The fraction of sp³-hybridized carbons (Fsp3) is 0.818. The number of hydrogen-bond donors (Lipinski definition) is 1. The Morgan fingerprint density at radius 2 is 2.06 bits per heavy atom. The van der Waals surface area contributed by atoms with Crippen LogP contribution in [-0.2, 0) is 4.79 Å². The third-order valence-corrected chi connectivity index (χ3v) is 3.03. The summed E-state index contributed by atoms with van der Waals surface area (Å²) in [5, 5.41) is 11.5. The highest BCUT2D eigenvalue weighted by atomic mass is 16.2. The summed E-state index contributed by atoms with van der Waals surface area (Å²) in [6, 6.07) is 2.04. The number of carbonyl (C=O) groups is 1. The van der Waals surface area contributed by atoms with Crippen LogP contribution in [0.2, 0.25) is 0 Å². The second-order valence-electron chi connectivity index (χ2n) is 4.09. The molecule has 1 aliphatic rings. The number of hydrogen-bond acceptors (Lipinski definition) is 4. The lowest BCUT2D eigenvalue weighted by Gasteiger charge is -2.35. The molecule has 1 amide bonds. The van der Waals surface area contributed by atoms with E-state index in [4.69, 9.17) is 5.26 Å². The first-order chi connectivity index (χ1) is 7.69. The van der Waals surface area contributed by atoms with Gasteiger partial charge < -0.3 is 10.2 Å². The van der Waals surface area contributed by atoms with Crippen LogP contribution in [-0.4, -0.2) is 61.5 Å². The molecule has 1 unspecified atom stereocenters. The number of rotatable bonds is 4. The lowest BCUT2D eigenvalue weighted by molar-refractivity contribution is -0.134. The number of nitriles is 1. The molecule has 16 heavy (non-hydrogen) atoms. The molecule has 0 aromatic carbocycles. The normalized spacial score (nSPS) is 19.2. The van der Waals surface area contributed by atoms with Gasteiger partial charge in [-0.15, -0.1) is 0 Å². The standard InChI is InChI=1S/C11H20N4O/c1-10(13-2)11(16)15-8-6-14(7-9-15)5-3-4-12/h10,13H,3,5-9H2,1-2H3. The number of piperazine rings is 1. The monoisotopic (exact) mass is 224 g/mol. The zero-order valence-electron chi connectivity index (χ0n) is 10.1. The van der Waals surface area contributed by atoms with Crippen molar-refractivity contribution >= 4 is 5.91 Å². The minimum atomic E-state index is -0.106. The lowest BCUT2D eigenvalue weighted by atomic mass is 10.2. The van der Waals surface area contributed by atoms with Gasteiger partial charge in [0.1, 0.15) is 0 Å². The number of nitrogens with one attached hydrogen (secondary N) is 1. The van der Waals surface area contributed by atoms with Gasteiger partial charge in [0.15, 0.2) is 0 Å². The van der Waals surface area contributed by atoms with Gasteiger partial charge in [0, 0.05) is 39.1 Å². The van der Waals surface area contributed by atoms with Crippen LogP contribution in [0.3, 0.4) is 0 Å². The number of likely N-dealkylation sites (N-methyl/N-ethyl adjacent to an activating group) is 1. The number of nitrogens with zero attached hydrogens (tertiary/aromatic N) is 3. The van der Waals surface area contributed by atoms with Crippen molar-refractivity contribution in [3.63, 3.8) is 0 Å². The first kappa shape index (κ1) is 12.9. The smallest absolute Gasteiger partial charge is 0.239 e. The molecule has 1 heterocycles. The molecule has 1 atom stereocenters. The largest absolute Gasteiger partial charge is 0.339 e. The molecule has 0 aromatic rings. The molecule has 1 fully saturated rings. The van der Waals surface area contributed by atoms with E-state index in [1.807, 2.05) is 11.8 Å². The van der Waals surface area contributed by atoms with Crippen LogP contribution >= 0.6 is 0 Å². The summed E-state index contributed by atoms with van der Waals surface area (Å²) in [5.74, 6) is 0.169. The predicted octanol–water partition coefficient (Wildman–Crippen LogP) is -0.348. The minimum Gasteiger partial charge on any atom is -0.339 e. The SMILES string of the molecule is CNC(C)C(=O)N1CCN(CCC#N)CC1. The Morgan fingerprint density at radius 3 is 2.56 bits per heavy atom. The van der Waals surface area contributed by atoms with Gasteiger partial charge in [0.05, 0.1) is 12.1 Å². The summed E-state index contributed by atoms with van der Waals surface area (Å²) < 4.78 is 0. The Hall–Kier alpha value is -1.12. The zero-order valence-corrected chi connectivity index (χ0v) is 10.1. The van der Waals surface area contributed by atoms with Crippen LogP contribution < -0.4 is 5.32 Å². The maximum atomic E-state index is 11.8. The second-order valence-corrected chi connectivity index (χ2v) is 4.09. The van der Waals surface area contributed by atoms with Crippen molar-refractivity contribution in [2.75, 3.05) is 39.8 Å². The van der Waals surface area contributed by atoms with Gasteiger partial charge in [-0.25, -0.2) is 0 Å². The van der Waals surface area contributed by atoms with Gasteiger partial charge in [-0.3, -0.25) is 9.69 Å². The highest BCUT2D eigenvalue weighted by Gasteiger charge is 2.23. The molecular formula is C11H20N4O. The molecule has 5 heteroatoms. The second kappa shape index (κ2) is 6.46. The van der Waals surface area contributed by atoms with Crippen LogP contribution in [0.25, 0.3) is 0 Å². The highest BCUT2D eigenvalue weighted by Crippen LogP contribution is 2.04. The minimum absolute atomic E-state index is 0.106. The summed E-state index contributed by atoms with van der Waals surface area (Å²) >= 11 is 0. The molecule has 0 aromatic heterocycles. The Morgan fingerprint density at radius 1 is 1.44 bits per heavy atom. The topological polar surface area (TPSA) is 59.4 Å². The molecular weight excluding hydrogens is 204 g/mol. The Balaban J connectivity index is 2.32. The third-order valence-electron chi connectivity index (χ3n) is 3.03. The molecule has 1 N–H and O–H groups in total. The van der Waals surface area contributed by atoms with Crippen LogP contribution in [0, 0.1) is 11.3 Å². The number of carbonyl (C=O) groups excluding carboxylic acids is 1. The summed E-state index contributed by atoms with van der Waals surface area (Å²) in [5.41, 5.74) is 0. The average Bonchev–Trinajstić information content (AvgIpc) is 2.35. The Kier molecular flexibility index (Phi) is 5.23. The van der Waals surface area contributed by atoms with E-state index < -0.39 is 0 Å². The maximum absolute atomic E-state index is 11.8. The van der Waals surface area contributed by atoms with Crippen molar-refractivity contribution in [2.24, 2.45) is 0 Å². The molecule has 0 radical (unpaired) electrons. The zero-order chi connectivity index (χ0) is 12.0. The van der Waals surface area contributed by atoms with Crippen LogP contribution in [0.15, 0.2) is 0 Å². The van der Waals surface area contributed by atoms with Crippen molar-refractivity contribution in [1.29, 1.82) is 5.26 Å². The summed E-state index contributed by atoms with van der Waals surface area (Å²) in [6.45, 7) is 6.00. The van der Waals surface area contributed by atoms with Gasteiger partial charge in [-0.05, 0) is 14.0 Å². The highest BCUT2D eigenvalue weighted by molar-refractivity contribution is 5.81. The van der Waals surface area contributed by atoms with E-state index in [9.17, 15) is 4.79 Å². The van der Waals surface area contributed by atoms with Crippen LogP contribution in [0.5, 0.6) is 0 Å². The van der Waals surface area contributed by atoms with E-state index in [0.29, 0.717) is 6.42 Å². The maximum Gasteiger partial charge on any atom is 0.239 e. The molecule has 0 saturated carbocycles. The molecule has 0 spiro atoms. The van der Waals surface area contributed by atoms with Crippen molar-refractivity contribution in [2.45, 2.75) is 19.4 Å². The molecule has 90 valence electrons. The van der Waals surface area contributed by atoms with Crippen molar-refractivity contribution < 1.29 is 4.79 Å². The van der Waals surface area contributed by atoms with E-state index in [1.54, 1.807) is 7.05 Å². The van der Waals surface area contributed by atoms with Gasteiger partial charge in [-0.2, -0.15) is 5.26 Å². The van der Waals surface area contributed by atoms with E-state index in [-0.39, 0.29) is 11.9 Å². The van der Waals surface area contributed by atoms with E-state index in [2.05, 4.69) is 16.3 Å². The van der Waals surface area contributed by atoms with Crippen molar-refractivity contribution in [3.8, 4) is 6.07 Å². The molecule has 0 aliphatic carbocycles. The van der Waals surface area contributed by atoms with E-state index in [0.717, 1.165) is 32.7 Å². The van der Waals surface area contributed by atoms with Crippen molar-refractivity contribution in [3.05, 3.63) is 0 Å². The quantitative estimate of drug-likeness (QED) is 0.709. The van der Waals surface area contributed by atoms with Crippen molar-refractivity contribution in [1.82, 2.24) is 15.1 Å². The molecule has 5 nitrogen and oxygen atoms in total. The lowest BCUT2D eigenvalue weighted by Crippen LogP contribution is -2.53. The summed E-state index contributed by atoms with van der Waals surface area (Å²) in [6.07, 6.45) is 0.570. The fourth-order valence-electron chi connectivity index (χ4n) is 1.80. The summed E-state index contributed by atoms with van der Waals surface area (Å²) in [4.78, 5) is 16.0. The Bertz CT molecular complexity index is 266. The summed E-state index contributed by atoms with van der Waals surface area (Å²) in [7, 11) is 1.80. The predicted molar refractivity (Wildman–Crippen MR) is 61.8 cm³/mol.